The van der Waals surface area contributed by atoms with Crippen LogP contribution in [0.4, 0.5) is 15.8 Å². The van der Waals surface area contributed by atoms with Crippen molar-refractivity contribution >= 4 is 34.9 Å². The summed E-state index contributed by atoms with van der Waals surface area (Å²) in [6.07, 6.45) is 0. The van der Waals surface area contributed by atoms with E-state index in [9.17, 15) is 14.0 Å². The Kier molecular flexibility index (Phi) is 4.95. The van der Waals surface area contributed by atoms with Crippen molar-refractivity contribution in [2.45, 2.75) is 0 Å². The molecule has 2 rings (SSSR count). The number of benzene rings is 2. The minimum absolute atomic E-state index is 0.00282. The van der Waals surface area contributed by atoms with Crippen LogP contribution in [0.25, 0.3) is 0 Å². The zero-order valence-electron chi connectivity index (χ0n) is 11.3. The molecule has 0 aliphatic rings. The van der Waals surface area contributed by atoms with Gasteiger partial charge < -0.3 is 15.8 Å². The molecule has 0 aliphatic carbocycles. The molecule has 7 heteroatoms. The third kappa shape index (κ3) is 4.20. The number of nitrogens with two attached hydrogens (primary N) is 1. The van der Waals surface area contributed by atoms with Crippen molar-refractivity contribution in [2.24, 2.45) is 0 Å². The summed E-state index contributed by atoms with van der Waals surface area (Å²) in [5.41, 5.74) is 5.94. The molecule has 5 nitrogen and oxygen atoms in total. The fourth-order valence-electron chi connectivity index (χ4n) is 1.69. The van der Waals surface area contributed by atoms with Crippen LogP contribution >= 0.6 is 11.6 Å². The van der Waals surface area contributed by atoms with Crippen LogP contribution in [-0.2, 0) is 9.53 Å². The summed E-state index contributed by atoms with van der Waals surface area (Å²) in [6.45, 7) is -0.498. The zero-order chi connectivity index (χ0) is 16.1. The van der Waals surface area contributed by atoms with Crippen LogP contribution in [0, 0.1) is 5.82 Å². The van der Waals surface area contributed by atoms with Gasteiger partial charge in [-0.2, -0.15) is 0 Å². The van der Waals surface area contributed by atoms with Gasteiger partial charge in [-0.15, -0.1) is 0 Å². The van der Waals surface area contributed by atoms with E-state index >= 15 is 0 Å². The lowest BCUT2D eigenvalue weighted by Crippen LogP contribution is -2.21. The van der Waals surface area contributed by atoms with Gasteiger partial charge in [0.2, 0.25) is 0 Å². The number of hydrogen-bond donors (Lipinski definition) is 2. The van der Waals surface area contributed by atoms with Crippen LogP contribution in [0.3, 0.4) is 0 Å². The summed E-state index contributed by atoms with van der Waals surface area (Å²) in [7, 11) is 0. The minimum atomic E-state index is -0.807. The molecule has 3 N–H and O–H groups in total. The maximum atomic E-state index is 12.9. The van der Waals surface area contributed by atoms with E-state index in [1.165, 1.54) is 6.07 Å². The Morgan fingerprint density at radius 3 is 2.68 bits per heavy atom. The van der Waals surface area contributed by atoms with E-state index in [0.717, 1.165) is 12.1 Å². The van der Waals surface area contributed by atoms with Crippen LogP contribution < -0.4 is 11.1 Å². The van der Waals surface area contributed by atoms with Crippen molar-refractivity contribution < 1.29 is 18.7 Å². The molecule has 0 unspecified atom stereocenters. The van der Waals surface area contributed by atoms with Gasteiger partial charge in [0.15, 0.2) is 6.61 Å². The standard InChI is InChI=1S/C15H12ClFN2O3/c16-9-2-1-3-11(6-9)19-14(20)8-22-15(21)12-5-4-10(17)7-13(12)18/h1-7H,8,18H2,(H,19,20). The first-order valence-corrected chi connectivity index (χ1v) is 6.61. The van der Waals surface area contributed by atoms with Gasteiger partial charge in [0.25, 0.3) is 5.91 Å². The minimum Gasteiger partial charge on any atom is -0.452 e. The number of amides is 1. The van der Waals surface area contributed by atoms with Gasteiger partial charge in [-0.05, 0) is 36.4 Å². The maximum Gasteiger partial charge on any atom is 0.340 e. The van der Waals surface area contributed by atoms with Gasteiger partial charge in [-0.3, -0.25) is 4.79 Å². The first-order chi connectivity index (χ1) is 10.5. The first-order valence-electron chi connectivity index (χ1n) is 6.23. The molecule has 0 saturated carbocycles. The van der Waals surface area contributed by atoms with Crippen LogP contribution in [0.2, 0.25) is 5.02 Å². The average Bonchev–Trinajstić information content (AvgIpc) is 2.45. The van der Waals surface area contributed by atoms with Gasteiger partial charge in [0.05, 0.1) is 5.56 Å². The van der Waals surface area contributed by atoms with Crippen molar-refractivity contribution in [1.82, 2.24) is 0 Å². The molecule has 2 aromatic rings. The summed E-state index contributed by atoms with van der Waals surface area (Å²) < 4.78 is 17.7. The van der Waals surface area contributed by atoms with Crippen LogP contribution in [0.5, 0.6) is 0 Å². The summed E-state index contributed by atoms with van der Waals surface area (Å²) >= 11 is 5.78. The van der Waals surface area contributed by atoms with E-state index in [2.05, 4.69) is 5.32 Å². The molecule has 0 saturated heterocycles. The highest BCUT2D eigenvalue weighted by Gasteiger charge is 2.14. The molecular formula is C15H12ClFN2O3. The van der Waals surface area contributed by atoms with E-state index in [-0.39, 0.29) is 11.3 Å². The van der Waals surface area contributed by atoms with Gasteiger partial charge in [-0.25, -0.2) is 9.18 Å². The van der Waals surface area contributed by atoms with Crippen LogP contribution in [0.1, 0.15) is 10.4 Å². The van der Waals surface area contributed by atoms with Gasteiger partial charge in [0.1, 0.15) is 5.82 Å². The molecule has 0 heterocycles. The monoisotopic (exact) mass is 322 g/mol. The zero-order valence-corrected chi connectivity index (χ0v) is 12.1. The Morgan fingerprint density at radius 2 is 2.00 bits per heavy atom. The smallest absolute Gasteiger partial charge is 0.340 e. The van der Waals surface area contributed by atoms with Crippen molar-refractivity contribution in [2.75, 3.05) is 17.7 Å². The van der Waals surface area contributed by atoms with Gasteiger partial charge in [0, 0.05) is 16.4 Å². The SMILES string of the molecule is Nc1cc(F)ccc1C(=O)OCC(=O)Nc1cccc(Cl)c1. The summed E-state index contributed by atoms with van der Waals surface area (Å²) in [6, 6.07) is 9.81. The number of ether oxygens (including phenoxy) is 1. The van der Waals surface area contributed by atoms with E-state index in [4.69, 9.17) is 22.1 Å². The van der Waals surface area contributed by atoms with E-state index in [0.29, 0.717) is 10.7 Å². The third-order valence-electron chi connectivity index (χ3n) is 2.68. The molecule has 0 fully saturated rings. The second-order valence-corrected chi connectivity index (χ2v) is 4.80. The molecule has 1 amide bonds. The Morgan fingerprint density at radius 1 is 1.23 bits per heavy atom. The summed E-state index contributed by atoms with van der Waals surface area (Å²) in [4.78, 5) is 23.4. The highest BCUT2D eigenvalue weighted by molar-refractivity contribution is 6.30. The van der Waals surface area contributed by atoms with E-state index < -0.39 is 24.3 Å². The second kappa shape index (κ2) is 6.91. The number of nitrogens with one attached hydrogen (secondary N) is 1. The Balaban J connectivity index is 1.92. The van der Waals surface area contributed by atoms with Crippen molar-refractivity contribution in [3.63, 3.8) is 0 Å². The molecule has 2 aromatic carbocycles. The number of hydrogen-bond acceptors (Lipinski definition) is 4. The van der Waals surface area contributed by atoms with Crippen LogP contribution in [0.15, 0.2) is 42.5 Å². The number of nitrogen functional groups attached to an aromatic ring is 1. The normalized spacial score (nSPS) is 10.1. The number of esters is 1. The lowest BCUT2D eigenvalue weighted by molar-refractivity contribution is -0.119. The predicted octanol–water partition coefficient (Wildman–Crippen LogP) is 2.86. The van der Waals surface area contributed by atoms with Gasteiger partial charge in [-0.1, -0.05) is 17.7 Å². The lowest BCUT2D eigenvalue weighted by Gasteiger charge is -2.08. The van der Waals surface area contributed by atoms with E-state index in [1.807, 2.05) is 0 Å². The highest BCUT2D eigenvalue weighted by atomic mass is 35.5. The third-order valence-corrected chi connectivity index (χ3v) is 2.91. The summed E-state index contributed by atoms with van der Waals surface area (Å²) in [5, 5.41) is 2.99. The first kappa shape index (κ1) is 15.8. The summed E-state index contributed by atoms with van der Waals surface area (Å²) in [5.74, 6) is -1.90. The molecule has 0 bridgehead atoms. The van der Waals surface area contributed by atoms with Gasteiger partial charge >= 0.3 is 5.97 Å². The van der Waals surface area contributed by atoms with Crippen LogP contribution in [-0.4, -0.2) is 18.5 Å². The number of anilines is 2. The Labute approximate surface area is 130 Å². The number of carbonyl (C=O) groups is 2. The quantitative estimate of drug-likeness (QED) is 0.670. The fraction of sp³-hybridized carbons (Fsp3) is 0.0667. The molecule has 0 spiro atoms. The Bertz CT molecular complexity index is 722. The number of rotatable bonds is 4. The fourth-order valence-corrected chi connectivity index (χ4v) is 1.88. The van der Waals surface area contributed by atoms with E-state index in [1.54, 1.807) is 24.3 Å². The molecule has 0 aromatic heterocycles. The largest absolute Gasteiger partial charge is 0.452 e. The number of carbonyl (C=O) groups excluding carboxylic acids is 2. The van der Waals surface area contributed by atoms with Crippen molar-refractivity contribution in [1.29, 1.82) is 0 Å². The molecule has 22 heavy (non-hydrogen) atoms. The molecule has 0 aliphatic heterocycles. The average molecular weight is 323 g/mol. The molecule has 0 radical (unpaired) electrons. The Hall–Kier alpha value is -2.60. The lowest BCUT2D eigenvalue weighted by atomic mass is 10.2. The second-order valence-electron chi connectivity index (χ2n) is 4.37. The highest BCUT2D eigenvalue weighted by Crippen LogP contribution is 2.16. The predicted molar refractivity (Wildman–Crippen MR) is 81.2 cm³/mol. The molecule has 0 atom stereocenters. The topological polar surface area (TPSA) is 81.4 Å². The maximum absolute atomic E-state index is 12.9. The van der Waals surface area contributed by atoms with Crippen molar-refractivity contribution in [3.8, 4) is 0 Å². The number of halogens is 2. The molecule has 114 valence electrons. The van der Waals surface area contributed by atoms with Crippen molar-refractivity contribution in [3.05, 3.63) is 58.9 Å². The molecular weight excluding hydrogens is 311 g/mol.